The Kier molecular flexibility index (Phi) is 9.85. The monoisotopic (exact) mass is 719 g/mol. The summed E-state index contributed by atoms with van der Waals surface area (Å²) in [6.07, 6.45) is 0.159. The molecule has 4 amide bonds. The average Bonchev–Trinajstić information content (AvgIpc) is 3.41. The molecule has 2 aliphatic rings. The Morgan fingerprint density at radius 3 is 2.18 bits per heavy atom. The lowest BCUT2D eigenvalue weighted by atomic mass is 9.89. The van der Waals surface area contributed by atoms with Gasteiger partial charge >= 0.3 is 12.1 Å². The van der Waals surface area contributed by atoms with E-state index in [1.54, 1.807) is 55.9 Å². The van der Waals surface area contributed by atoms with Crippen molar-refractivity contribution in [3.8, 4) is 16.9 Å². The van der Waals surface area contributed by atoms with Crippen molar-refractivity contribution in [1.29, 1.82) is 0 Å². The SMILES string of the molecule is COc1ccc(CN2Cc3c(-c4ccccc4Cl)cc(CC4CCN(C(=O)OC(C)(C)C)C4=O)cc3N(c3c(Cl)cccc3Cl)C2=O)cc1. The summed E-state index contributed by atoms with van der Waals surface area (Å²) in [6.45, 7) is 6.14. The first-order valence-corrected chi connectivity index (χ1v) is 17.1. The van der Waals surface area contributed by atoms with Crippen LogP contribution in [0.5, 0.6) is 5.75 Å². The fraction of sp³-hybridized carbons (Fsp3) is 0.289. The lowest BCUT2D eigenvalue weighted by Gasteiger charge is -2.39. The van der Waals surface area contributed by atoms with Gasteiger partial charge in [0.15, 0.2) is 0 Å². The van der Waals surface area contributed by atoms with Crippen molar-refractivity contribution in [2.45, 2.75) is 52.3 Å². The van der Waals surface area contributed by atoms with E-state index in [4.69, 9.17) is 44.3 Å². The number of urea groups is 1. The van der Waals surface area contributed by atoms with Crippen molar-refractivity contribution in [2.24, 2.45) is 5.92 Å². The predicted molar refractivity (Wildman–Crippen MR) is 193 cm³/mol. The molecule has 2 aliphatic heterocycles. The third kappa shape index (κ3) is 7.23. The number of hydrogen-bond acceptors (Lipinski definition) is 5. The molecule has 1 fully saturated rings. The largest absolute Gasteiger partial charge is 0.497 e. The van der Waals surface area contributed by atoms with Crippen molar-refractivity contribution >= 4 is 64.2 Å². The van der Waals surface area contributed by atoms with Gasteiger partial charge in [-0.25, -0.2) is 14.5 Å². The lowest BCUT2D eigenvalue weighted by molar-refractivity contribution is -0.130. The predicted octanol–water partition coefficient (Wildman–Crippen LogP) is 9.92. The van der Waals surface area contributed by atoms with Crippen molar-refractivity contribution in [1.82, 2.24) is 9.80 Å². The number of amides is 4. The van der Waals surface area contributed by atoms with Crippen LogP contribution in [0.4, 0.5) is 21.0 Å². The molecule has 6 rings (SSSR count). The number of carbonyl (C=O) groups is 3. The number of hydrogen-bond donors (Lipinski definition) is 0. The van der Waals surface area contributed by atoms with Crippen LogP contribution in [-0.4, -0.2) is 47.1 Å². The van der Waals surface area contributed by atoms with E-state index in [9.17, 15) is 14.4 Å². The van der Waals surface area contributed by atoms with Crippen LogP contribution >= 0.6 is 34.8 Å². The molecule has 4 aromatic carbocycles. The number of halogens is 3. The molecule has 4 aromatic rings. The number of fused-ring (bicyclic) bond motifs is 1. The van der Waals surface area contributed by atoms with E-state index >= 15 is 0 Å². The second-order valence-corrected chi connectivity index (χ2v) is 14.4. The zero-order valence-corrected chi connectivity index (χ0v) is 29.9. The number of imide groups is 1. The highest BCUT2D eigenvalue weighted by Gasteiger charge is 2.40. The summed E-state index contributed by atoms with van der Waals surface area (Å²) in [6, 6.07) is 23.8. The first-order chi connectivity index (χ1) is 23.3. The molecule has 254 valence electrons. The van der Waals surface area contributed by atoms with Crippen LogP contribution in [0.25, 0.3) is 11.1 Å². The van der Waals surface area contributed by atoms with Gasteiger partial charge < -0.3 is 14.4 Å². The number of anilines is 2. The maximum Gasteiger partial charge on any atom is 0.417 e. The summed E-state index contributed by atoms with van der Waals surface area (Å²) >= 11 is 20.4. The molecular formula is C38H36Cl3N3O5. The minimum atomic E-state index is -0.727. The molecular weight excluding hydrogens is 685 g/mol. The molecule has 1 unspecified atom stereocenters. The minimum Gasteiger partial charge on any atom is -0.497 e. The van der Waals surface area contributed by atoms with E-state index in [1.165, 1.54) is 4.90 Å². The molecule has 0 bridgehead atoms. The molecule has 11 heteroatoms. The van der Waals surface area contributed by atoms with Gasteiger partial charge in [0.05, 0.1) is 35.1 Å². The summed E-state index contributed by atoms with van der Waals surface area (Å²) < 4.78 is 10.8. The highest BCUT2D eigenvalue weighted by Crippen LogP contribution is 2.47. The van der Waals surface area contributed by atoms with Gasteiger partial charge in [0, 0.05) is 35.2 Å². The average molecular weight is 721 g/mol. The number of para-hydroxylation sites is 1. The van der Waals surface area contributed by atoms with Crippen LogP contribution in [0, 0.1) is 5.92 Å². The number of likely N-dealkylation sites (tertiary alicyclic amines) is 1. The van der Waals surface area contributed by atoms with Crippen molar-refractivity contribution < 1.29 is 23.9 Å². The van der Waals surface area contributed by atoms with Gasteiger partial charge in [0.1, 0.15) is 11.4 Å². The van der Waals surface area contributed by atoms with Crippen LogP contribution < -0.4 is 9.64 Å². The Morgan fingerprint density at radius 1 is 0.857 bits per heavy atom. The number of methoxy groups -OCH3 is 1. The van der Waals surface area contributed by atoms with Gasteiger partial charge in [0.25, 0.3) is 0 Å². The molecule has 0 aromatic heterocycles. The van der Waals surface area contributed by atoms with Crippen molar-refractivity contribution in [2.75, 3.05) is 18.6 Å². The Balaban J connectivity index is 1.46. The van der Waals surface area contributed by atoms with Gasteiger partial charge in [-0.05, 0) is 86.7 Å². The van der Waals surface area contributed by atoms with E-state index in [0.717, 1.165) is 27.8 Å². The summed E-state index contributed by atoms with van der Waals surface area (Å²) in [4.78, 5) is 45.4. The first-order valence-electron chi connectivity index (χ1n) is 16.0. The van der Waals surface area contributed by atoms with Crippen LogP contribution in [0.3, 0.4) is 0 Å². The Hall–Kier alpha value is -4.24. The maximum absolute atomic E-state index is 14.5. The Labute approximate surface area is 301 Å². The topological polar surface area (TPSA) is 79.4 Å². The van der Waals surface area contributed by atoms with E-state index in [1.807, 2.05) is 60.7 Å². The van der Waals surface area contributed by atoms with Gasteiger partial charge in [-0.2, -0.15) is 0 Å². The van der Waals surface area contributed by atoms with Crippen LogP contribution in [-0.2, 0) is 29.0 Å². The third-order valence-corrected chi connectivity index (χ3v) is 9.55. The molecule has 0 N–H and O–H groups in total. The zero-order valence-electron chi connectivity index (χ0n) is 27.6. The summed E-state index contributed by atoms with van der Waals surface area (Å²) in [5, 5.41) is 1.15. The normalized spacial score (nSPS) is 16.2. The second kappa shape index (κ2) is 13.9. The molecule has 1 atom stereocenters. The van der Waals surface area contributed by atoms with E-state index in [2.05, 4.69) is 0 Å². The van der Waals surface area contributed by atoms with E-state index in [-0.39, 0.29) is 25.0 Å². The summed E-state index contributed by atoms with van der Waals surface area (Å²) in [7, 11) is 1.61. The number of benzene rings is 4. The van der Waals surface area contributed by atoms with Crippen molar-refractivity contribution in [3.63, 3.8) is 0 Å². The molecule has 1 saturated heterocycles. The number of rotatable bonds is 7. The highest BCUT2D eigenvalue weighted by molar-refractivity contribution is 6.40. The Morgan fingerprint density at radius 2 is 1.53 bits per heavy atom. The molecule has 0 radical (unpaired) electrons. The fourth-order valence-electron chi connectivity index (χ4n) is 6.33. The second-order valence-electron chi connectivity index (χ2n) is 13.2. The highest BCUT2D eigenvalue weighted by atomic mass is 35.5. The van der Waals surface area contributed by atoms with E-state index in [0.29, 0.717) is 51.6 Å². The van der Waals surface area contributed by atoms with Crippen LogP contribution in [0.2, 0.25) is 15.1 Å². The Bertz CT molecular complexity index is 1900. The quantitative estimate of drug-likeness (QED) is 0.190. The third-order valence-electron chi connectivity index (χ3n) is 8.61. The van der Waals surface area contributed by atoms with Crippen LogP contribution in [0.1, 0.15) is 43.9 Å². The number of nitrogens with zero attached hydrogens (tertiary/aromatic N) is 3. The lowest BCUT2D eigenvalue weighted by Crippen LogP contribution is -2.44. The van der Waals surface area contributed by atoms with Gasteiger partial charge in [-0.1, -0.05) is 77.3 Å². The zero-order chi connectivity index (χ0) is 35.0. The standard InChI is InChI=1S/C38H36Cl3N3O5/c1-38(2,3)49-37(47)43-17-16-25(35(43)45)18-24-19-28(27-8-5-6-9-30(27)39)29-22-42(21-23-12-14-26(48-4)15-13-23)36(46)44(33(29)20-24)34-31(40)10-7-11-32(34)41/h5-15,19-20,25H,16-18,21-22H2,1-4H3. The van der Waals surface area contributed by atoms with Crippen molar-refractivity contribution in [3.05, 3.63) is 111 Å². The van der Waals surface area contributed by atoms with Gasteiger partial charge in [0.2, 0.25) is 5.91 Å². The maximum atomic E-state index is 14.5. The summed E-state index contributed by atoms with van der Waals surface area (Å²) in [5.74, 6) is -0.0427. The summed E-state index contributed by atoms with van der Waals surface area (Å²) in [5.41, 5.74) is 4.35. The molecule has 8 nitrogen and oxygen atoms in total. The molecule has 0 saturated carbocycles. The van der Waals surface area contributed by atoms with Gasteiger partial charge in [-0.15, -0.1) is 0 Å². The van der Waals surface area contributed by atoms with E-state index < -0.39 is 17.6 Å². The molecule has 49 heavy (non-hydrogen) atoms. The van der Waals surface area contributed by atoms with Gasteiger partial charge in [-0.3, -0.25) is 9.69 Å². The first kappa shape index (κ1) is 34.6. The number of ether oxygens (including phenoxy) is 2. The smallest absolute Gasteiger partial charge is 0.417 e. The minimum absolute atomic E-state index is 0.265. The molecule has 0 spiro atoms. The number of carbonyl (C=O) groups excluding carboxylic acids is 3. The molecule has 0 aliphatic carbocycles. The molecule has 2 heterocycles. The van der Waals surface area contributed by atoms with Crippen LogP contribution in [0.15, 0.2) is 78.9 Å². The fourth-order valence-corrected chi connectivity index (χ4v) is 7.13.